The molecule has 0 unspecified atom stereocenters. The van der Waals surface area contributed by atoms with Crippen LogP contribution < -0.4 is 14.8 Å². The number of hydrogen-bond donors (Lipinski definition) is 2. The molecule has 35 heavy (non-hydrogen) atoms. The van der Waals surface area contributed by atoms with Gasteiger partial charge < -0.3 is 10.1 Å². The van der Waals surface area contributed by atoms with Gasteiger partial charge in [-0.05, 0) is 58.0 Å². The topological polar surface area (TPSA) is 132 Å². The van der Waals surface area contributed by atoms with Gasteiger partial charge in [0.15, 0.2) is 4.21 Å². The van der Waals surface area contributed by atoms with Crippen LogP contribution in [-0.4, -0.2) is 53.5 Å². The molecule has 182 valence electrons. The van der Waals surface area contributed by atoms with Crippen molar-refractivity contribution in [1.82, 2.24) is 30.2 Å². The molecule has 12 heteroatoms. The molecule has 1 fully saturated rings. The summed E-state index contributed by atoms with van der Waals surface area (Å²) in [5.74, 6) is 0.475. The number of hydrogen-bond acceptors (Lipinski definition) is 10. The van der Waals surface area contributed by atoms with Gasteiger partial charge in [-0.2, -0.15) is 0 Å². The fraction of sp³-hybridized carbons (Fsp3) is 0.348. The van der Waals surface area contributed by atoms with Crippen LogP contribution in [0.4, 0.5) is 5.69 Å². The van der Waals surface area contributed by atoms with E-state index < -0.39 is 10.0 Å². The summed E-state index contributed by atoms with van der Waals surface area (Å²) in [6.07, 6.45) is 5.18. The van der Waals surface area contributed by atoms with Gasteiger partial charge in [-0.25, -0.2) is 33.3 Å². The molecule has 10 nitrogen and oxygen atoms in total. The van der Waals surface area contributed by atoms with Gasteiger partial charge in [0.25, 0.3) is 10.0 Å². The van der Waals surface area contributed by atoms with E-state index in [1.165, 1.54) is 7.11 Å². The van der Waals surface area contributed by atoms with Gasteiger partial charge >= 0.3 is 0 Å². The lowest BCUT2D eigenvalue weighted by atomic mass is 9.93. The zero-order valence-corrected chi connectivity index (χ0v) is 21.2. The highest BCUT2D eigenvalue weighted by molar-refractivity contribution is 7.94. The second-order valence-corrected chi connectivity index (χ2v) is 11.4. The van der Waals surface area contributed by atoms with E-state index >= 15 is 0 Å². The number of nitrogens with one attached hydrogen (secondary N) is 2. The molecule has 5 heterocycles. The first-order valence-corrected chi connectivity index (χ1v) is 13.5. The third kappa shape index (κ3) is 4.68. The van der Waals surface area contributed by atoms with Crippen LogP contribution in [0.1, 0.15) is 35.2 Å². The van der Waals surface area contributed by atoms with Crippen molar-refractivity contribution in [3.8, 4) is 17.1 Å². The third-order valence-electron chi connectivity index (χ3n) is 5.93. The predicted molar refractivity (Wildman–Crippen MR) is 134 cm³/mol. The van der Waals surface area contributed by atoms with Gasteiger partial charge in [0.1, 0.15) is 17.5 Å². The molecule has 4 aromatic rings. The van der Waals surface area contributed by atoms with Crippen LogP contribution in [0, 0.1) is 13.8 Å². The molecule has 1 aliphatic rings. The molecule has 0 aliphatic carbocycles. The van der Waals surface area contributed by atoms with Gasteiger partial charge in [0.2, 0.25) is 5.88 Å². The first kappa shape index (κ1) is 23.5. The lowest BCUT2D eigenvalue weighted by Crippen LogP contribution is -2.27. The van der Waals surface area contributed by atoms with Crippen molar-refractivity contribution in [2.75, 3.05) is 24.9 Å². The first-order valence-electron chi connectivity index (χ1n) is 11.2. The molecule has 0 spiro atoms. The van der Waals surface area contributed by atoms with Crippen molar-refractivity contribution in [3.05, 3.63) is 47.1 Å². The molecule has 0 atom stereocenters. The summed E-state index contributed by atoms with van der Waals surface area (Å²) < 4.78 is 34.3. The van der Waals surface area contributed by atoms with Crippen LogP contribution in [0.25, 0.3) is 22.3 Å². The number of methoxy groups -OCH3 is 1. The fourth-order valence-corrected chi connectivity index (χ4v) is 6.83. The lowest BCUT2D eigenvalue weighted by Gasteiger charge is -2.22. The monoisotopic (exact) mass is 511 g/mol. The number of pyridine rings is 2. The normalized spacial score (nSPS) is 14.8. The Balaban J connectivity index is 1.55. The van der Waals surface area contributed by atoms with Crippen molar-refractivity contribution >= 4 is 38.1 Å². The van der Waals surface area contributed by atoms with Gasteiger partial charge in [0, 0.05) is 17.7 Å². The number of sulfonamides is 1. The average Bonchev–Trinajstić information content (AvgIpc) is 3.22. The first-order chi connectivity index (χ1) is 16.9. The van der Waals surface area contributed by atoms with Crippen molar-refractivity contribution in [2.45, 2.75) is 36.8 Å². The Morgan fingerprint density at radius 3 is 2.63 bits per heavy atom. The number of aryl methyl sites for hydroxylation is 2. The molecule has 5 rings (SSSR count). The highest BCUT2D eigenvalue weighted by Crippen LogP contribution is 2.33. The van der Waals surface area contributed by atoms with Crippen LogP contribution >= 0.6 is 11.3 Å². The smallest absolute Gasteiger partial charge is 0.273 e. The predicted octanol–water partition coefficient (Wildman–Crippen LogP) is 3.44. The van der Waals surface area contributed by atoms with Crippen molar-refractivity contribution in [1.29, 1.82) is 0 Å². The number of rotatable bonds is 6. The Morgan fingerprint density at radius 2 is 1.91 bits per heavy atom. The Hall–Kier alpha value is -3.22. The SMILES string of the molecule is COc1ncc(-c2ccc3ncnc(C4CCNCC4)c3n2)cc1NS(=O)(=O)c1sc(C)nc1C. The number of thiazole rings is 1. The molecule has 0 saturated carbocycles. The van der Waals surface area contributed by atoms with Gasteiger partial charge in [-0.1, -0.05) is 0 Å². The summed E-state index contributed by atoms with van der Waals surface area (Å²) in [7, 11) is -2.43. The highest BCUT2D eigenvalue weighted by atomic mass is 32.2. The van der Waals surface area contributed by atoms with Crippen molar-refractivity contribution in [2.24, 2.45) is 0 Å². The van der Waals surface area contributed by atoms with Gasteiger partial charge in [0.05, 0.1) is 34.7 Å². The minimum absolute atomic E-state index is 0.162. The van der Waals surface area contributed by atoms with E-state index in [4.69, 9.17) is 9.72 Å². The van der Waals surface area contributed by atoms with Crippen molar-refractivity contribution in [3.63, 3.8) is 0 Å². The largest absolute Gasteiger partial charge is 0.480 e. The van der Waals surface area contributed by atoms with Crippen LogP contribution in [-0.2, 0) is 10.0 Å². The number of piperidine rings is 1. The summed E-state index contributed by atoms with van der Waals surface area (Å²) in [5.41, 5.74) is 4.42. The standard InChI is InChI=1S/C23H25N7O3S2/c1-13-23(34-14(2)28-13)35(31,32)30-19-10-16(11-25-22(19)33-3)17-4-5-18-21(29-17)20(27-12-26-18)15-6-8-24-9-7-15/h4-5,10-12,15,24,30H,6-9H2,1-3H3. The molecule has 1 aliphatic heterocycles. The Kier molecular flexibility index (Phi) is 6.34. The molecule has 1 saturated heterocycles. The number of anilines is 1. The molecule has 2 N–H and O–H groups in total. The summed E-state index contributed by atoms with van der Waals surface area (Å²) in [4.78, 5) is 22.4. The second kappa shape index (κ2) is 9.44. The maximum Gasteiger partial charge on any atom is 0.273 e. The molecular formula is C23H25N7O3S2. The van der Waals surface area contributed by atoms with Crippen LogP contribution in [0.3, 0.4) is 0 Å². The summed E-state index contributed by atoms with van der Waals surface area (Å²) in [6, 6.07) is 5.43. The minimum atomic E-state index is -3.87. The number of aromatic nitrogens is 5. The van der Waals surface area contributed by atoms with Gasteiger partial charge in [-0.15, -0.1) is 11.3 Å². The second-order valence-electron chi connectivity index (χ2n) is 8.34. The van der Waals surface area contributed by atoms with Gasteiger partial charge in [-0.3, -0.25) is 4.72 Å². The zero-order chi connectivity index (χ0) is 24.6. The summed E-state index contributed by atoms with van der Waals surface area (Å²) in [6.45, 7) is 5.33. The maximum absolute atomic E-state index is 13.1. The minimum Gasteiger partial charge on any atom is -0.480 e. The van der Waals surface area contributed by atoms with E-state index in [1.807, 2.05) is 12.1 Å². The number of nitrogens with zero attached hydrogens (tertiary/aromatic N) is 5. The number of fused-ring (bicyclic) bond motifs is 1. The Bertz CT molecular complexity index is 1500. The summed E-state index contributed by atoms with van der Waals surface area (Å²) in [5, 5.41) is 4.05. The molecule has 0 amide bonds. The average molecular weight is 512 g/mol. The lowest BCUT2D eigenvalue weighted by molar-refractivity contribution is 0.400. The van der Waals surface area contributed by atoms with Crippen LogP contribution in [0.15, 0.2) is 34.9 Å². The van der Waals surface area contributed by atoms with E-state index in [0.717, 1.165) is 54.0 Å². The Labute approximate surface area is 207 Å². The molecule has 0 radical (unpaired) electrons. The fourth-order valence-electron chi connectivity index (χ4n) is 4.29. The van der Waals surface area contributed by atoms with Crippen LogP contribution in [0.2, 0.25) is 0 Å². The quantitative estimate of drug-likeness (QED) is 0.399. The van der Waals surface area contributed by atoms with E-state index in [9.17, 15) is 8.42 Å². The third-order valence-corrected chi connectivity index (χ3v) is 8.97. The van der Waals surface area contributed by atoms with Crippen molar-refractivity contribution < 1.29 is 13.2 Å². The maximum atomic E-state index is 13.1. The van der Waals surface area contributed by atoms with E-state index in [-0.39, 0.29) is 15.8 Å². The molecule has 0 bridgehead atoms. The van der Waals surface area contributed by atoms with E-state index in [0.29, 0.717) is 27.9 Å². The highest BCUT2D eigenvalue weighted by Gasteiger charge is 2.24. The summed E-state index contributed by atoms with van der Waals surface area (Å²) >= 11 is 1.12. The van der Waals surface area contributed by atoms with E-state index in [2.05, 4.69) is 30.0 Å². The van der Waals surface area contributed by atoms with E-state index in [1.54, 1.807) is 32.4 Å². The van der Waals surface area contributed by atoms with Crippen LogP contribution in [0.5, 0.6) is 5.88 Å². The Morgan fingerprint density at radius 1 is 1.11 bits per heavy atom. The molecule has 4 aromatic heterocycles. The zero-order valence-electron chi connectivity index (χ0n) is 19.6. The molecule has 0 aromatic carbocycles. The number of ether oxygens (including phenoxy) is 1. The molecular weight excluding hydrogens is 486 g/mol.